The second kappa shape index (κ2) is 38.7. The summed E-state index contributed by atoms with van der Waals surface area (Å²) in [6, 6.07) is 52.9. The van der Waals surface area contributed by atoms with Gasteiger partial charge in [-0.1, -0.05) is 215 Å². The van der Waals surface area contributed by atoms with Crippen molar-refractivity contribution >= 4 is 21.6 Å². The summed E-state index contributed by atoms with van der Waals surface area (Å²) in [4.78, 5) is 2.85. The molecular weight excluding hydrogens is 1120 g/mol. The summed E-state index contributed by atoms with van der Waals surface area (Å²) in [6.45, 7) is 19.1. The fraction of sp³-hybridized carbons (Fsp3) is 0.486. The first kappa shape index (κ1) is 69.5. The smallest absolute Gasteiger partial charge is 0.114 e. The van der Waals surface area contributed by atoms with Crippen LogP contribution in [0.5, 0.6) is 0 Å². The van der Waals surface area contributed by atoms with Crippen molar-refractivity contribution in [2.24, 2.45) is 17.0 Å². The van der Waals surface area contributed by atoms with Crippen LogP contribution in [0.25, 0.3) is 10.4 Å². The van der Waals surface area contributed by atoms with Crippen LogP contribution in [0.1, 0.15) is 137 Å². The zero-order valence-electron chi connectivity index (χ0n) is 51.5. The highest BCUT2D eigenvalue weighted by Gasteiger charge is 2.43. The molecule has 0 bridgehead atoms. The third-order valence-corrected chi connectivity index (χ3v) is 16.2. The lowest BCUT2D eigenvalue weighted by Gasteiger charge is -2.42. The van der Waals surface area contributed by atoms with E-state index >= 15 is 0 Å². The number of aliphatic hydroxyl groups is 2. The number of ether oxygens (including phenoxy) is 6. The van der Waals surface area contributed by atoms with Crippen LogP contribution in [0.15, 0.2) is 167 Å². The lowest BCUT2D eigenvalue weighted by Crippen LogP contribution is -2.49. The number of nitrogens with zero attached hydrogens (tertiary/aromatic N) is 3. The van der Waals surface area contributed by atoms with Crippen LogP contribution >= 0.6 is 15.9 Å². The number of likely N-dealkylation sites (N-methyl/N-ethyl adjacent to an activating group) is 2. The number of azide groups is 1. The van der Waals surface area contributed by atoms with Crippen molar-refractivity contribution in [3.05, 3.63) is 217 Å². The highest BCUT2D eigenvalue weighted by atomic mass is 79.9. The van der Waals surface area contributed by atoms with Crippen LogP contribution in [0.2, 0.25) is 0 Å². The third kappa shape index (κ3) is 22.2. The van der Waals surface area contributed by atoms with E-state index in [1.165, 1.54) is 25.7 Å². The summed E-state index contributed by atoms with van der Waals surface area (Å²) in [5, 5.41) is 33.3. The third-order valence-electron chi connectivity index (χ3n) is 15.7. The van der Waals surface area contributed by atoms with E-state index in [9.17, 15) is 10.2 Å². The summed E-state index contributed by atoms with van der Waals surface area (Å²) in [7, 11) is 4.11. The van der Waals surface area contributed by atoms with Crippen molar-refractivity contribution in [1.29, 1.82) is 0 Å². The van der Waals surface area contributed by atoms with Gasteiger partial charge in [-0.2, -0.15) is 0 Å². The van der Waals surface area contributed by atoms with Crippen molar-refractivity contribution in [1.82, 2.24) is 10.6 Å². The second-order valence-corrected chi connectivity index (χ2v) is 22.5. The van der Waals surface area contributed by atoms with Crippen LogP contribution < -0.4 is 10.6 Å². The summed E-state index contributed by atoms with van der Waals surface area (Å²) in [5.41, 5.74) is 17.1. The Labute approximate surface area is 511 Å². The van der Waals surface area contributed by atoms with Gasteiger partial charge in [0.1, 0.15) is 24.4 Å². The maximum Gasteiger partial charge on any atom is 0.114 e. The number of nitrogens with one attached hydrogen (secondary N) is 2. The van der Waals surface area contributed by atoms with E-state index in [4.69, 9.17) is 34.0 Å². The predicted molar refractivity (Wildman–Crippen MR) is 343 cm³/mol. The first-order valence-corrected chi connectivity index (χ1v) is 31.2. The average molecular weight is 1220 g/mol. The Morgan fingerprint density at radius 3 is 1.29 bits per heavy atom. The van der Waals surface area contributed by atoms with Gasteiger partial charge < -0.3 is 49.3 Å². The average Bonchev–Trinajstić information content (AvgIpc) is 3.71. The van der Waals surface area contributed by atoms with Gasteiger partial charge in [-0.25, -0.2) is 0 Å². The molecule has 2 saturated heterocycles. The number of halogens is 1. The first-order valence-electron chi connectivity index (χ1n) is 30.4. The Kier molecular flexibility index (Phi) is 32.0. The molecule has 2 heterocycles. The zero-order valence-corrected chi connectivity index (χ0v) is 53.1. The van der Waals surface area contributed by atoms with E-state index in [-0.39, 0.29) is 36.3 Å². The first-order chi connectivity index (χ1) is 40.9. The lowest BCUT2D eigenvalue weighted by atomic mass is 9.86. The molecule has 6 unspecified atom stereocenters. The molecule has 12 atom stereocenters. The van der Waals surface area contributed by atoms with Crippen LogP contribution in [0.4, 0.5) is 5.69 Å². The number of hydrogen-bond donors (Lipinski definition) is 4. The molecule has 84 heavy (non-hydrogen) atoms. The molecule has 1 saturated carbocycles. The Morgan fingerprint density at radius 2 is 0.929 bits per heavy atom. The lowest BCUT2D eigenvalue weighted by molar-refractivity contribution is -0.209. The molecule has 0 radical (unpaired) electrons. The molecule has 456 valence electrons. The fourth-order valence-electron chi connectivity index (χ4n) is 11.0. The Morgan fingerprint density at radius 1 is 0.560 bits per heavy atom. The van der Waals surface area contributed by atoms with Crippen molar-refractivity contribution in [2.45, 2.75) is 181 Å². The minimum absolute atomic E-state index is 0.115. The highest BCUT2D eigenvalue weighted by Crippen LogP contribution is 2.38. The SMILES string of the molecule is CC.CC.CNC1CCCCC1NC.Cc1cc(Br)ccc1[C@@H](O)[C@H]1OC(COCc2ccccc2)[C@@H](C)CC1OCc1ccccc1.Cc1cc(N=[N+]=[N-])ccc1[C@@H](O)[C@H]1OC(COCc2ccccc2)[C@@H](C)CC1OCc1ccccc1. The van der Waals surface area contributed by atoms with E-state index in [1.54, 1.807) is 18.2 Å². The molecule has 0 spiro atoms. The molecule has 3 fully saturated rings. The monoisotopic (exact) mass is 1210 g/mol. The molecule has 14 heteroatoms. The molecule has 9 rings (SSSR count). The molecular formula is C70H96BrN5O8. The van der Waals surface area contributed by atoms with E-state index < -0.39 is 24.4 Å². The normalized spacial score (nSPS) is 23.4. The second-order valence-electron chi connectivity index (χ2n) is 21.6. The largest absolute Gasteiger partial charge is 0.386 e. The van der Waals surface area contributed by atoms with Gasteiger partial charge in [-0.15, -0.1) is 0 Å². The Hall–Kier alpha value is -5.29. The maximum atomic E-state index is 11.5. The minimum Gasteiger partial charge on any atom is -0.386 e. The summed E-state index contributed by atoms with van der Waals surface area (Å²) < 4.78 is 38.7. The number of rotatable bonds is 21. The van der Waals surface area contributed by atoms with Crippen LogP contribution in [-0.4, -0.2) is 86.2 Å². The highest BCUT2D eigenvalue weighted by molar-refractivity contribution is 9.10. The molecule has 13 nitrogen and oxygen atoms in total. The number of hydrogen-bond acceptors (Lipinski definition) is 11. The number of aliphatic hydroxyl groups excluding tert-OH is 2. The topological polar surface area (TPSA) is 169 Å². The zero-order chi connectivity index (χ0) is 60.6. The van der Waals surface area contributed by atoms with Crippen molar-refractivity contribution in [2.75, 3.05) is 27.3 Å². The van der Waals surface area contributed by atoms with Gasteiger partial charge in [0.15, 0.2) is 0 Å². The summed E-state index contributed by atoms with van der Waals surface area (Å²) >= 11 is 3.52. The summed E-state index contributed by atoms with van der Waals surface area (Å²) in [6.07, 6.45) is 3.43. The fourth-order valence-corrected chi connectivity index (χ4v) is 11.5. The van der Waals surface area contributed by atoms with Gasteiger partial charge in [-0.05, 0) is 134 Å². The number of benzene rings is 6. The van der Waals surface area contributed by atoms with E-state index in [1.807, 2.05) is 157 Å². The van der Waals surface area contributed by atoms with Gasteiger partial charge in [0.25, 0.3) is 0 Å². The van der Waals surface area contributed by atoms with Gasteiger partial charge in [0.05, 0.1) is 64.1 Å². The standard InChI is InChI=1S/C29H33BrO4.C29H33N3O4.C8H18N2.2C2H6/c1-20-15-24(30)13-14-25(20)28(31)29-26(33-18-23-11-7-4-8-12-23)16-21(2)27(34-29)19-32-17-22-9-5-3-6-10-22;1-20-15-24(31-32-30)13-14-25(20)28(33)29-26(35-18-23-11-7-4-8-12-23)16-21(2)27(36-29)19-34-17-22-9-5-3-6-10-22;1-9-7-5-3-4-6-8(7)10-2;2*1-2/h3-15,21,26-29,31H,16-19H2,1-2H3;3-15,21,26-29,33H,16-19H2,1-2H3;7-10H,3-6H2,1-2H3;2*1-2H3/t2*21-,26?,27?,28+,29-;;;/m00.../s1. The van der Waals surface area contributed by atoms with Crippen LogP contribution in [-0.2, 0) is 54.8 Å². The Balaban J connectivity index is 0.000000251. The molecule has 3 aliphatic rings. The van der Waals surface area contributed by atoms with Gasteiger partial charge >= 0.3 is 0 Å². The van der Waals surface area contributed by atoms with Gasteiger partial charge in [0.2, 0.25) is 0 Å². The van der Waals surface area contributed by atoms with E-state index in [0.29, 0.717) is 57.4 Å². The summed E-state index contributed by atoms with van der Waals surface area (Å²) in [5.74, 6) is 0.435. The van der Waals surface area contributed by atoms with Crippen LogP contribution in [0, 0.1) is 25.7 Å². The van der Waals surface area contributed by atoms with Gasteiger partial charge in [0, 0.05) is 27.2 Å². The van der Waals surface area contributed by atoms with Crippen LogP contribution in [0.3, 0.4) is 0 Å². The maximum absolute atomic E-state index is 11.5. The molecule has 0 amide bonds. The molecule has 6 aromatic carbocycles. The minimum atomic E-state index is -0.907. The van der Waals surface area contributed by atoms with Crippen molar-refractivity contribution in [3.63, 3.8) is 0 Å². The van der Waals surface area contributed by atoms with E-state index in [2.05, 4.69) is 88.8 Å². The van der Waals surface area contributed by atoms with E-state index in [0.717, 1.165) is 61.8 Å². The molecule has 1 aliphatic carbocycles. The van der Waals surface area contributed by atoms with Gasteiger partial charge in [-0.3, -0.25) is 0 Å². The quantitative estimate of drug-likeness (QED) is 0.0309. The molecule has 6 aromatic rings. The predicted octanol–water partition coefficient (Wildman–Crippen LogP) is 15.7. The molecule has 2 aliphatic heterocycles. The Bertz CT molecular complexity index is 2750. The number of aryl methyl sites for hydroxylation is 2. The van der Waals surface area contributed by atoms with Crippen molar-refractivity contribution < 1.29 is 38.6 Å². The molecule has 4 N–H and O–H groups in total. The van der Waals surface area contributed by atoms with Crippen molar-refractivity contribution in [3.8, 4) is 0 Å². The molecule has 0 aromatic heterocycles.